The van der Waals surface area contributed by atoms with Gasteiger partial charge < -0.3 is 9.84 Å². The van der Waals surface area contributed by atoms with Crippen LogP contribution in [0.3, 0.4) is 0 Å². The molecular formula is C19H16FNO4S. The topological polar surface area (TPSA) is 75.6 Å². The summed E-state index contributed by atoms with van der Waals surface area (Å²) < 4.78 is 45.4. The lowest BCUT2D eigenvalue weighted by Crippen LogP contribution is -2.23. The highest BCUT2D eigenvalue weighted by Gasteiger charge is 2.17. The van der Waals surface area contributed by atoms with Crippen LogP contribution in [0.5, 0.6) is 17.2 Å². The summed E-state index contributed by atoms with van der Waals surface area (Å²) in [5.41, 5.74) is 0.718. The fraction of sp³-hybridized carbons (Fsp3) is 0.0526. The summed E-state index contributed by atoms with van der Waals surface area (Å²) in [5.74, 6) is 0.399. The van der Waals surface area contributed by atoms with Gasteiger partial charge in [-0.05, 0) is 54.1 Å². The summed E-state index contributed by atoms with van der Waals surface area (Å²) in [6.45, 7) is 0.0630. The summed E-state index contributed by atoms with van der Waals surface area (Å²) in [6.07, 6.45) is 0. The number of rotatable bonds is 6. The van der Waals surface area contributed by atoms with Crippen molar-refractivity contribution >= 4 is 10.0 Å². The first kappa shape index (κ1) is 17.9. The molecule has 0 bridgehead atoms. The number of benzene rings is 3. The van der Waals surface area contributed by atoms with Gasteiger partial charge in [0.15, 0.2) is 0 Å². The lowest BCUT2D eigenvalue weighted by atomic mass is 10.2. The summed E-state index contributed by atoms with van der Waals surface area (Å²) in [6, 6.07) is 18.2. The Kier molecular flexibility index (Phi) is 5.20. The van der Waals surface area contributed by atoms with Gasteiger partial charge >= 0.3 is 0 Å². The zero-order valence-electron chi connectivity index (χ0n) is 13.6. The highest BCUT2D eigenvalue weighted by Crippen LogP contribution is 2.23. The van der Waals surface area contributed by atoms with Crippen LogP contribution >= 0.6 is 0 Å². The van der Waals surface area contributed by atoms with E-state index in [1.165, 1.54) is 42.5 Å². The van der Waals surface area contributed by atoms with Crippen molar-refractivity contribution < 1.29 is 22.7 Å². The standard InChI is InChI=1S/C19H16FNO4S/c20-15-7-11-17(12-8-15)25-16-9-5-14(6-10-16)13-21-26(23,24)19-4-2-1-3-18(19)22/h1-12,21-22H,13H2. The highest BCUT2D eigenvalue weighted by atomic mass is 32.2. The van der Waals surface area contributed by atoms with Crippen molar-refractivity contribution in [1.29, 1.82) is 0 Å². The van der Waals surface area contributed by atoms with E-state index in [-0.39, 0.29) is 23.0 Å². The molecule has 0 aromatic heterocycles. The van der Waals surface area contributed by atoms with Gasteiger partial charge in [0.2, 0.25) is 10.0 Å². The summed E-state index contributed by atoms with van der Waals surface area (Å²) in [7, 11) is -3.82. The number of phenols is 1. The Hall–Kier alpha value is -2.90. The van der Waals surface area contributed by atoms with Gasteiger partial charge in [-0.25, -0.2) is 17.5 Å². The predicted molar refractivity (Wildman–Crippen MR) is 95.0 cm³/mol. The van der Waals surface area contributed by atoms with Crippen LogP contribution in [-0.4, -0.2) is 13.5 Å². The molecule has 0 aliphatic carbocycles. The third kappa shape index (κ3) is 4.38. The van der Waals surface area contributed by atoms with Crippen molar-refractivity contribution in [2.75, 3.05) is 0 Å². The number of hydrogen-bond acceptors (Lipinski definition) is 4. The number of para-hydroxylation sites is 1. The molecule has 2 N–H and O–H groups in total. The maximum atomic E-state index is 12.9. The molecule has 0 saturated carbocycles. The van der Waals surface area contributed by atoms with Crippen LogP contribution in [0.25, 0.3) is 0 Å². The third-order valence-corrected chi connectivity index (χ3v) is 5.04. The van der Waals surface area contributed by atoms with Gasteiger partial charge in [0, 0.05) is 6.54 Å². The number of nitrogens with one attached hydrogen (secondary N) is 1. The third-order valence-electron chi connectivity index (χ3n) is 3.59. The molecule has 0 spiro atoms. The van der Waals surface area contributed by atoms with Crippen LogP contribution in [0, 0.1) is 5.82 Å². The second-order valence-electron chi connectivity index (χ2n) is 5.49. The smallest absolute Gasteiger partial charge is 0.244 e. The molecule has 3 rings (SSSR count). The maximum absolute atomic E-state index is 12.9. The van der Waals surface area contributed by atoms with Crippen molar-refractivity contribution in [3.63, 3.8) is 0 Å². The van der Waals surface area contributed by atoms with E-state index in [9.17, 15) is 17.9 Å². The Balaban J connectivity index is 1.64. The van der Waals surface area contributed by atoms with Crippen LogP contribution in [0.1, 0.15) is 5.56 Å². The molecular weight excluding hydrogens is 357 g/mol. The van der Waals surface area contributed by atoms with Crippen LogP contribution in [0.2, 0.25) is 0 Å². The van der Waals surface area contributed by atoms with Gasteiger partial charge in [0.1, 0.15) is 28.0 Å². The Morgan fingerprint density at radius 3 is 2.08 bits per heavy atom. The van der Waals surface area contributed by atoms with Crippen LogP contribution in [0.4, 0.5) is 4.39 Å². The molecule has 26 heavy (non-hydrogen) atoms. The van der Waals surface area contributed by atoms with E-state index >= 15 is 0 Å². The Bertz CT molecular complexity index is 987. The zero-order chi connectivity index (χ0) is 18.6. The zero-order valence-corrected chi connectivity index (χ0v) is 14.4. The lowest BCUT2D eigenvalue weighted by Gasteiger charge is -2.09. The van der Waals surface area contributed by atoms with Crippen LogP contribution < -0.4 is 9.46 Å². The molecule has 134 valence electrons. The summed E-state index contributed by atoms with van der Waals surface area (Å²) >= 11 is 0. The van der Waals surface area contributed by atoms with Crippen molar-refractivity contribution in [2.45, 2.75) is 11.4 Å². The molecule has 0 saturated heterocycles. The minimum absolute atomic E-state index is 0.0630. The molecule has 5 nitrogen and oxygen atoms in total. The molecule has 0 atom stereocenters. The lowest BCUT2D eigenvalue weighted by molar-refractivity contribution is 0.458. The van der Waals surface area contributed by atoms with Gasteiger partial charge in [-0.2, -0.15) is 0 Å². The number of ether oxygens (including phenoxy) is 1. The number of hydrogen-bond donors (Lipinski definition) is 2. The van der Waals surface area contributed by atoms with Gasteiger partial charge in [-0.1, -0.05) is 24.3 Å². The number of halogens is 1. The van der Waals surface area contributed by atoms with Gasteiger partial charge in [-0.3, -0.25) is 0 Å². The normalized spacial score (nSPS) is 11.3. The molecule has 3 aromatic carbocycles. The molecule has 0 radical (unpaired) electrons. The molecule has 0 fully saturated rings. The van der Waals surface area contributed by atoms with E-state index in [1.807, 2.05) is 0 Å². The minimum Gasteiger partial charge on any atom is -0.507 e. The second-order valence-corrected chi connectivity index (χ2v) is 7.23. The summed E-state index contributed by atoms with van der Waals surface area (Å²) in [4.78, 5) is -0.170. The van der Waals surface area contributed by atoms with E-state index in [0.29, 0.717) is 11.5 Å². The predicted octanol–water partition coefficient (Wildman–Crippen LogP) is 3.80. The first-order chi connectivity index (χ1) is 12.4. The molecule has 3 aromatic rings. The first-order valence-corrected chi connectivity index (χ1v) is 9.22. The van der Waals surface area contributed by atoms with Crippen LogP contribution in [0.15, 0.2) is 77.7 Å². The Morgan fingerprint density at radius 2 is 1.46 bits per heavy atom. The average molecular weight is 373 g/mol. The van der Waals surface area contributed by atoms with Crippen molar-refractivity contribution in [2.24, 2.45) is 0 Å². The van der Waals surface area contributed by atoms with Crippen molar-refractivity contribution in [3.8, 4) is 17.2 Å². The quantitative estimate of drug-likeness (QED) is 0.689. The van der Waals surface area contributed by atoms with Gasteiger partial charge in [0.25, 0.3) is 0 Å². The molecule has 0 aliphatic rings. The monoisotopic (exact) mass is 373 g/mol. The van der Waals surface area contributed by atoms with E-state index in [4.69, 9.17) is 4.74 Å². The van der Waals surface area contributed by atoms with Crippen LogP contribution in [-0.2, 0) is 16.6 Å². The van der Waals surface area contributed by atoms with E-state index in [1.54, 1.807) is 30.3 Å². The van der Waals surface area contributed by atoms with E-state index in [2.05, 4.69) is 4.72 Å². The molecule has 0 heterocycles. The first-order valence-electron chi connectivity index (χ1n) is 7.74. The maximum Gasteiger partial charge on any atom is 0.244 e. The Labute approximate surface area is 150 Å². The highest BCUT2D eigenvalue weighted by molar-refractivity contribution is 7.89. The van der Waals surface area contributed by atoms with Crippen molar-refractivity contribution in [3.05, 3.63) is 84.2 Å². The van der Waals surface area contributed by atoms with Gasteiger partial charge in [0.05, 0.1) is 0 Å². The molecule has 0 aliphatic heterocycles. The number of phenolic OH excluding ortho intramolecular Hbond substituents is 1. The fourth-order valence-corrected chi connectivity index (χ4v) is 3.37. The molecule has 0 unspecified atom stereocenters. The second kappa shape index (κ2) is 7.55. The average Bonchev–Trinajstić information content (AvgIpc) is 2.63. The SMILES string of the molecule is O=S(=O)(NCc1ccc(Oc2ccc(F)cc2)cc1)c1ccccc1O. The fourth-order valence-electron chi connectivity index (χ4n) is 2.25. The van der Waals surface area contributed by atoms with E-state index < -0.39 is 10.0 Å². The van der Waals surface area contributed by atoms with Gasteiger partial charge in [-0.15, -0.1) is 0 Å². The number of sulfonamides is 1. The molecule has 7 heteroatoms. The van der Waals surface area contributed by atoms with E-state index in [0.717, 1.165) is 5.56 Å². The largest absolute Gasteiger partial charge is 0.507 e. The van der Waals surface area contributed by atoms with Crippen molar-refractivity contribution in [1.82, 2.24) is 4.72 Å². The summed E-state index contributed by atoms with van der Waals surface area (Å²) in [5, 5.41) is 9.68. The number of aromatic hydroxyl groups is 1. The minimum atomic E-state index is -3.82. The Morgan fingerprint density at radius 1 is 0.885 bits per heavy atom. The molecule has 0 amide bonds.